The molecule has 1 aromatic heterocycles. The third kappa shape index (κ3) is 3.12. The summed E-state index contributed by atoms with van der Waals surface area (Å²) in [4.78, 5) is 15.5. The zero-order valence-electron chi connectivity index (χ0n) is 13.1. The highest BCUT2D eigenvalue weighted by atomic mass is 16.5. The molecule has 1 amide bonds. The number of amides is 1. The standard InChI is InChI=1S/C19H18N2O3/c22-19(14-2-1-13-7-9-20-18(13)11-14)21-15-3-5-16(6-4-15)24-17-8-10-23-12-17/h1-7,9,11,17,20H,8,10,12H2,(H,21,22). The number of aromatic amines is 1. The van der Waals surface area contributed by atoms with Crippen LogP contribution in [-0.2, 0) is 4.74 Å². The highest BCUT2D eigenvalue weighted by Crippen LogP contribution is 2.21. The van der Waals surface area contributed by atoms with Gasteiger partial charge in [0.2, 0.25) is 0 Å². The van der Waals surface area contributed by atoms with E-state index in [0.29, 0.717) is 12.2 Å². The lowest BCUT2D eigenvalue weighted by atomic mass is 10.1. The van der Waals surface area contributed by atoms with Gasteiger partial charge in [0.1, 0.15) is 11.9 Å². The summed E-state index contributed by atoms with van der Waals surface area (Å²) in [7, 11) is 0. The maximum atomic E-state index is 12.4. The summed E-state index contributed by atoms with van der Waals surface area (Å²) in [6.45, 7) is 1.39. The molecule has 0 saturated carbocycles. The van der Waals surface area contributed by atoms with E-state index in [1.165, 1.54) is 0 Å². The van der Waals surface area contributed by atoms with E-state index in [0.717, 1.165) is 35.4 Å². The molecule has 5 heteroatoms. The first-order valence-corrected chi connectivity index (χ1v) is 8.01. The van der Waals surface area contributed by atoms with Crippen LogP contribution in [-0.4, -0.2) is 30.2 Å². The van der Waals surface area contributed by atoms with Crippen LogP contribution in [0.25, 0.3) is 10.9 Å². The molecular weight excluding hydrogens is 304 g/mol. The number of fused-ring (bicyclic) bond motifs is 1. The van der Waals surface area contributed by atoms with Crippen LogP contribution in [0.1, 0.15) is 16.8 Å². The molecule has 1 saturated heterocycles. The quantitative estimate of drug-likeness (QED) is 0.771. The Morgan fingerprint density at radius 1 is 1.17 bits per heavy atom. The van der Waals surface area contributed by atoms with Crippen molar-refractivity contribution in [1.82, 2.24) is 4.98 Å². The average Bonchev–Trinajstić information content (AvgIpc) is 3.27. The number of hydrogen-bond donors (Lipinski definition) is 2. The van der Waals surface area contributed by atoms with E-state index in [1.807, 2.05) is 54.7 Å². The van der Waals surface area contributed by atoms with Gasteiger partial charge in [-0.1, -0.05) is 6.07 Å². The molecule has 1 aliphatic heterocycles. The number of aromatic nitrogens is 1. The molecule has 24 heavy (non-hydrogen) atoms. The largest absolute Gasteiger partial charge is 0.488 e. The molecule has 0 aliphatic carbocycles. The van der Waals surface area contributed by atoms with Gasteiger partial charge in [-0.05, 0) is 47.9 Å². The Kier molecular flexibility index (Phi) is 3.92. The van der Waals surface area contributed by atoms with Gasteiger partial charge < -0.3 is 19.8 Å². The van der Waals surface area contributed by atoms with Crippen LogP contribution in [0.3, 0.4) is 0 Å². The lowest BCUT2D eigenvalue weighted by Gasteiger charge is -2.12. The molecule has 5 nitrogen and oxygen atoms in total. The fourth-order valence-corrected chi connectivity index (χ4v) is 2.81. The van der Waals surface area contributed by atoms with Gasteiger partial charge in [0.25, 0.3) is 5.91 Å². The third-order valence-corrected chi connectivity index (χ3v) is 4.12. The maximum Gasteiger partial charge on any atom is 0.255 e. The summed E-state index contributed by atoms with van der Waals surface area (Å²) < 4.78 is 11.1. The monoisotopic (exact) mass is 322 g/mol. The topological polar surface area (TPSA) is 63.4 Å². The van der Waals surface area contributed by atoms with Gasteiger partial charge in [-0.2, -0.15) is 0 Å². The number of anilines is 1. The van der Waals surface area contributed by atoms with E-state index in [1.54, 1.807) is 0 Å². The molecule has 0 radical (unpaired) electrons. The number of benzene rings is 2. The van der Waals surface area contributed by atoms with E-state index < -0.39 is 0 Å². The maximum absolute atomic E-state index is 12.4. The van der Waals surface area contributed by atoms with Crippen molar-refractivity contribution < 1.29 is 14.3 Å². The molecule has 1 fully saturated rings. The van der Waals surface area contributed by atoms with Crippen LogP contribution < -0.4 is 10.1 Å². The predicted octanol–water partition coefficient (Wildman–Crippen LogP) is 3.59. The Labute approximate surface area is 139 Å². The van der Waals surface area contributed by atoms with Crippen molar-refractivity contribution in [1.29, 1.82) is 0 Å². The molecule has 1 atom stereocenters. The summed E-state index contributed by atoms with van der Waals surface area (Å²) in [5.74, 6) is 0.653. The molecule has 0 bridgehead atoms. The average molecular weight is 322 g/mol. The van der Waals surface area contributed by atoms with Crippen LogP contribution in [0, 0.1) is 0 Å². The Balaban J connectivity index is 1.43. The molecule has 0 spiro atoms. The predicted molar refractivity (Wildman–Crippen MR) is 92.5 cm³/mol. The fourth-order valence-electron chi connectivity index (χ4n) is 2.81. The smallest absolute Gasteiger partial charge is 0.255 e. The van der Waals surface area contributed by atoms with Crippen LogP contribution in [0.15, 0.2) is 54.7 Å². The first-order chi connectivity index (χ1) is 11.8. The molecule has 2 N–H and O–H groups in total. The van der Waals surface area contributed by atoms with E-state index in [-0.39, 0.29) is 12.0 Å². The minimum atomic E-state index is -0.135. The van der Waals surface area contributed by atoms with Gasteiger partial charge in [-0.15, -0.1) is 0 Å². The van der Waals surface area contributed by atoms with E-state index in [4.69, 9.17) is 9.47 Å². The fraction of sp³-hybridized carbons (Fsp3) is 0.211. The number of rotatable bonds is 4. The summed E-state index contributed by atoms with van der Waals surface area (Å²) in [5, 5.41) is 3.99. The van der Waals surface area contributed by atoms with Crippen molar-refractivity contribution in [3.05, 3.63) is 60.3 Å². The minimum Gasteiger partial charge on any atom is -0.488 e. The van der Waals surface area contributed by atoms with Gasteiger partial charge in [0.05, 0.1) is 13.2 Å². The number of ether oxygens (including phenoxy) is 2. The van der Waals surface area contributed by atoms with Gasteiger partial charge in [-0.3, -0.25) is 4.79 Å². The molecule has 1 aliphatic rings. The zero-order chi connectivity index (χ0) is 16.4. The molecule has 2 aromatic carbocycles. The van der Waals surface area contributed by atoms with Crippen molar-refractivity contribution in [3.63, 3.8) is 0 Å². The van der Waals surface area contributed by atoms with Gasteiger partial charge in [-0.25, -0.2) is 0 Å². The van der Waals surface area contributed by atoms with Crippen molar-refractivity contribution in [2.45, 2.75) is 12.5 Å². The summed E-state index contributed by atoms with van der Waals surface area (Å²) in [6.07, 6.45) is 2.90. The Bertz CT molecular complexity index is 848. The molecule has 1 unspecified atom stereocenters. The van der Waals surface area contributed by atoms with Crippen LogP contribution in [0.2, 0.25) is 0 Å². The molecule has 2 heterocycles. The summed E-state index contributed by atoms with van der Waals surface area (Å²) >= 11 is 0. The van der Waals surface area contributed by atoms with Crippen molar-refractivity contribution in [2.75, 3.05) is 18.5 Å². The van der Waals surface area contributed by atoms with Crippen LogP contribution in [0.5, 0.6) is 5.75 Å². The van der Waals surface area contributed by atoms with E-state index in [9.17, 15) is 4.79 Å². The number of carbonyl (C=O) groups excluding carboxylic acids is 1. The Morgan fingerprint density at radius 2 is 2.04 bits per heavy atom. The second kappa shape index (κ2) is 6.37. The van der Waals surface area contributed by atoms with Crippen LogP contribution >= 0.6 is 0 Å². The van der Waals surface area contributed by atoms with Crippen molar-refractivity contribution in [2.24, 2.45) is 0 Å². The number of carbonyl (C=O) groups is 1. The normalized spacial score (nSPS) is 17.1. The highest BCUT2D eigenvalue weighted by molar-refractivity contribution is 6.06. The molecule has 122 valence electrons. The zero-order valence-corrected chi connectivity index (χ0v) is 13.1. The summed E-state index contributed by atoms with van der Waals surface area (Å²) in [6, 6.07) is 15.0. The lowest BCUT2D eigenvalue weighted by Crippen LogP contribution is -2.15. The second-order valence-electron chi connectivity index (χ2n) is 5.86. The second-order valence-corrected chi connectivity index (χ2v) is 5.86. The van der Waals surface area contributed by atoms with Gasteiger partial charge >= 0.3 is 0 Å². The van der Waals surface area contributed by atoms with Crippen molar-refractivity contribution in [3.8, 4) is 5.75 Å². The SMILES string of the molecule is O=C(Nc1ccc(OC2CCOC2)cc1)c1ccc2cc[nH]c2c1. The molecule has 4 rings (SSSR count). The highest BCUT2D eigenvalue weighted by Gasteiger charge is 2.17. The number of nitrogens with one attached hydrogen (secondary N) is 2. The van der Waals surface area contributed by atoms with Gasteiger partial charge in [0, 0.05) is 29.4 Å². The Hall–Kier alpha value is -2.79. The van der Waals surface area contributed by atoms with E-state index in [2.05, 4.69) is 10.3 Å². The first-order valence-electron chi connectivity index (χ1n) is 8.01. The van der Waals surface area contributed by atoms with Gasteiger partial charge in [0.15, 0.2) is 0 Å². The lowest BCUT2D eigenvalue weighted by molar-refractivity contribution is 0.102. The third-order valence-electron chi connectivity index (χ3n) is 4.12. The summed E-state index contributed by atoms with van der Waals surface area (Å²) in [5.41, 5.74) is 2.31. The minimum absolute atomic E-state index is 0.123. The Morgan fingerprint density at radius 3 is 2.83 bits per heavy atom. The molecule has 3 aromatic rings. The first kappa shape index (κ1) is 14.8. The number of H-pyrrole nitrogens is 1. The van der Waals surface area contributed by atoms with Crippen LogP contribution in [0.4, 0.5) is 5.69 Å². The van der Waals surface area contributed by atoms with Crippen molar-refractivity contribution >= 4 is 22.5 Å². The van der Waals surface area contributed by atoms with E-state index >= 15 is 0 Å². The number of hydrogen-bond acceptors (Lipinski definition) is 3. The molecular formula is C19H18N2O3.